The molecule has 1 aliphatic rings. The topological polar surface area (TPSA) is 131 Å². The average Bonchev–Trinajstić information content (AvgIpc) is 2.71. The second-order valence-electron chi connectivity index (χ2n) is 6.26. The van der Waals surface area contributed by atoms with Gasteiger partial charge in [0, 0.05) is 24.3 Å². The van der Waals surface area contributed by atoms with Gasteiger partial charge in [0.1, 0.15) is 12.4 Å². The Bertz CT molecular complexity index is 1010. The van der Waals surface area contributed by atoms with E-state index in [2.05, 4.69) is 6.58 Å². The van der Waals surface area contributed by atoms with Gasteiger partial charge in [-0.1, -0.05) is 6.58 Å². The normalized spacial score (nSPS) is 13.5. The van der Waals surface area contributed by atoms with Crippen LogP contribution in [0.25, 0.3) is 0 Å². The Balaban J connectivity index is 1.62. The number of benzene rings is 2. The minimum atomic E-state index is -0.865. The molecule has 10 nitrogen and oxygen atoms in total. The van der Waals surface area contributed by atoms with E-state index in [1.165, 1.54) is 30.3 Å². The molecule has 3 rings (SSSR count). The van der Waals surface area contributed by atoms with E-state index in [0.717, 1.165) is 0 Å². The van der Waals surface area contributed by atoms with E-state index < -0.39 is 21.9 Å². The number of nitro groups is 2. The maximum absolute atomic E-state index is 11.1. The number of nitro benzene ring substituents is 2. The van der Waals surface area contributed by atoms with Gasteiger partial charge in [0.05, 0.1) is 22.5 Å². The van der Waals surface area contributed by atoms with E-state index in [0.29, 0.717) is 11.1 Å². The minimum absolute atomic E-state index is 0.0339. The van der Waals surface area contributed by atoms with E-state index in [1.54, 1.807) is 24.3 Å². The maximum Gasteiger partial charge on any atom is 0.339 e. The standard InChI is InChI=1S/C20H16N2O8/c1-13(28-11-14-2-6-16(7-3-14)21(24)25)20(18-10-19(23)30-18)29-12-15-4-8-17(9-5-15)22(26)27/h2-10,20H,1,11-12H2. The van der Waals surface area contributed by atoms with Gasteiger partial charge >= 0.3 is 5.97 Å². The molecule has 30 heavy (non-hydrogen) atoms. The summed E-state index contributed by atoms with van der Waals surface area (Å²) in [7, 11) is 0. The monoisotopic (exact) mass is 412 g/mol. The highest BCUT2D eigenvalue weighted by atomic mass is 16.6. The summed E-state index contributed by atoms with van der Waals surface area (Å²) >= 11 is 0. The molecule has 1 unspecified atom stereocenters. The van der Waals surface area contributed by atoms with Crippen molar-refractivity contribution < 1.29 is 28.9 Å². The van der Waals surface area contributed by atoms with Crippen molar-refractivity contribution in [3.05, 3.63) is 104 Å². The van der Waals surface area contributed by atoms with Crippen LogP contribution in [0.1, 0.15) is 11.1 Å². The number of non-ortho nitro benzene ring substituents is 2. The molecule has 0 aromatic heterocycles. The van der Waals surface area contributed by atoms with E-state index in [4.69, 9.17) is 14.2 Å². The lowest BCUT2D eigenvalue weighted by Gasteiger charge is -2.26. The first-order chi connectivity index (χ1) is 14.3. The van der Waals surface area contributed by atoms with Crippen LogP contribution < -0.4 is 0 Å². The molecule has 0 radical (unpaired) electrons. The lowest BCUT2D eigenvalue weighted by Crippen LogP contribution is -2.28. The van der Waals surface area contributed by atoms with Gasteiger partial charge in [-0.3, -0.25) is 20.2 Å². The lowest BCUT2D eigenvalue weighted by molar-refractivity contribution is -0.385. The third-order valence-corrected chi connectivity index (χ3v) is 4.16. The molecular formula is C20H16N2O8. The average molecular weight is 412 g/mol. The lowest BCUT2D eigenvalue weighted by atomic mass is 10.1. The highest BCUT2D eigenvalue weighted by Gasteiger charge is 2.30. The van der Waals surface area contributed by atoms with Crippen molar-refractivity contribution in [2.45, 2.75) is 19.3 Å². The van der Waals surface area contributed by atoms with Crippen molar-refractivity contribution in [3.63, 3.8) is 0 Å². The van der Waals surface area contributed by atoms with E-state index in [1.807, 2.05) is 0 Å². The van der Waals surface area contributed by atoms with Crippen molar-refractivity contribution in [2.75, 3.05) is 0 Å². The second kappa shape index (κ2) is 8.97. The molecule has 1 atom stereocenters. The molecule has 0 aliphatic carbocycles. The number of cyclic esters (lactones) is 1. The van der Waals surface area contributed by atoms with Crippen molar-refractivity contribution in [3.8, 4) is 0 Å². The van der Waals surface area contributed by atoms with Crippen LogP contribution in [-0.4, -0.2) is 21.9 Å². The molecule has 0 spiro atoms. The summed E-state index contributed by atoms with van der Waals surface area (Å²) in [6.45, 7) is 3.96. The quantitative estimate of drug-likeness (QED) is 0.250. The molecule has 2 aromatic rings. The largest absolute Gasteiger partial charge is 0.491 e. The van der Waals surface area contributed by atoms with Gasteiger partial charge in [-0.05, 0) is 35.4 Å². The number of esters is 1. The number of carbonyl (C=O) groups excluding carboxylic acids is 1. The van der Waals surface area contributed by atoms with Gasteiger partial charge in [0.25, 0.3) is 11.4 Å². The molecule has 154 valence electrons. The summed E-state index contributed by atoms with van der Waals surface area (Å²) in [5.41, 5.74) is 1.27. The highest BCUT2D eigenvalue weighted by molar-refractivity contribution is 5.89. The Morgan fingerprint density at radius 1 is 0.933 bits per heavy atom. The third-order valence-electron chi connectivity index (χ3n) is 4.16. The summed E-state index contributed by atoms with van der Waals surface area (Å²) in [6, 6.07) is 11.7. The van der Waals surface area contributed by atoms with Gasteiger partial charge in [-0.25, -0.2) is 4.79 Å². The predicted octanol–water partition coefficient (Wildman–Crippen LogP) is 3.56. The Kier molecular flexibility index (Phi) is 6.18. The molecule has 0 fully saturated rings. The Morgan fingerprint density at radius 3 is 1.83 bits per heavy atom. The SMILES string of the molecule is C=C(OCc1ccc([N+](=O)[O-])cc1)C(OCc1ccc([N+](=O)[O-])cc1)C1=CC(=O)O1. The fourth-order valence-corrected chi connectivity index (χ4v) is 2.56. The van der Waals surface area contributed by atoms with Gasteiger partial charge in [0.2, 0.25) is 0 Å². The molecule has 0 bridgehead atoms. The summed E-state index contributed by atoms with van der Waals surface area (Å²) in [6.07, 6.45) is 0.386. The van der Waals surface area contributed by atoms with Gasteiger partial charge in [0.15, 0.2) is 11.9 Å². The smallest absolute Gasteiger partial charge is 0.339 e. The zero-order valence-electron chi connectivity index (χ0n) is 15.6. The Morgan fingerprint density at radius 2 is 1.40 bits per heavy atom. The number of hydrogen-bond donors (Lipinski definition) is 0. The molecule has 0 N–H and O–H groups in total. The summed E-state index contributed by atoms with van der Waals surface area (Å²) in [4.78, 5) is 31.6. The Labute approximate surface area is 170 Å². The molecule has 1 heterocycles. The summed E-state index contributed by atoms with van der Waals surface area (Å²) in [5, 5.41) is 21.4. The number of hydrogen-bond acceptors (Lipinski definition) is 8. The number of nitrogens with zero attached hydrogens (tertiary/aromatic N) is 2. The summed E-state index contributed by atoms with van der Waals surface area (Å²) < 4.78 is 16.3. The van der Waals surface area contributed by atoms with Crippen LogP contribution >= 0.6 is 0 Å². The van der Waals surface area contributed by atoms with Crippen LogP contribution in [-0.2, 0) is 32.2 Å². The second-order valence-corrected chi connectivity index (χ2v) is 6.26. The predicted molar refractivity (Wildman–Crippen MR) is 103 cm³/mol. The van der Waals surface area contributed by atoms with Crippen molar-refractivity contribution in [1.82, 2.24) is 0 Å². The number of carbonyl (C=O) groups is 1. The molecule has 0 saturated carbocycles. The first-order valence-corrected chi connectivity index (χ1v) is 8.67. The van der Waals surface area contributed by atoms with Crippen LogP contribution in [0, 0.1) is 20.2 Å². The highest BCUT2D eigenvalue weighted by Crippen LogP contribution is 2.26. The van der Waals surface area contributed by atoms with Crippen LogP contribution in [0.2, 0.25) is 0 Å². The molecule has 0 amide bonds. The molecule has 0 saturated heterocycles. The van der Waals surface area contributed by atoms with Crippen LogP contribution in [0.3, 0.4) is 0 Å². The van der Waals surface area contributed by atoms with E-state index >= 15 is 0 Å². The minimum Gasteiger partial charge on any atom is -0.491 e. The fourth-order valence-electron chi connectivity index (χ4n) is 2.56. The molecule has 1 aliphatic heterocycles. The molecule has 10 heteroatoms. The van der Waals surface area contributed by atoms with Crippen LogP contribution in [0.15, 0.2) is 72.7 Å². The third kappa shape index (κ3) is 5.06. The first kappa shape index (κ1) is 20.7. The number of ether oxygens (including phenoxy) is 3. The van der Waals surface area contributed by atoms with Crippen molar-refractivity contribution in [2.24, 2.45) is 0 Å². The van der Waals surface area contributed by atoms with Crippen LogP contribution in [0.4, 0.5) is 11.4 Å². The van der Waals surface area contributed by atoms with Crippen LogP contribution in [0.5, 0.6) is 0 Å². The van der Waals surface area contributed by atoms with Crippen molar-refractivity contribution >= 4 is 17.3 Å². The maximum atomic E-state index is 11.1. The zero-order chi connectivity index (χ0) is 21.7. The zero-order valence-corrected chi connectivity index (χ0v) is 15.6. The number of rotatable bonds is 10. The van der Waals surface area contributed by atoms with Gasteiger partial charge in [-0.2, -0.15) is 0 Å². The Hall–Kier alpha value is -4.05. The van der Waals surface area contributed by atoms with E-state index in [9.17, 15) is 25.0 Å². The molecular weight excluding hydrogens is 396 g/mol. The fraction of sp³-hybridized carbons (Fsp3) is 0.150. The van der Waals surface area contributed by atoms with Crippen molar-refractivity contribution in [1.29, 1.82) is 0 Å². The summed E-state index contributed by atoms with van der Waals surface area (Å²) in [5.74, 6) is -0.110. The first-order valence-electron chi connectivity index (χ1n) is 8.67. The molecule has 2 aromatic carbocycles. The van der Waals surface area contributed by atoms with E-state index in [-0.39, 0.29) is 36.1 Å². The van der Waals surface area contributed by atoms with Gasteiger partial charge < -0.3 is 14.2 Å². The van der Waals surface area contributed by atoms with Gasteiger partial charge in [-0.15, -0.1) is 0 Å².